The van der Waals surface area contributed by atoms with Crippen LogP contribution in [0.4, 0.5) is 0 Å². The zero-order valence-corrected chi connectivity index (χ0v) is 13.0. The molecule has 2 aromatic heterocycles. The van der Waals surface area contributed by atoms with Gasteiger partial charge in [0.2, 0.25) is 0 Å². The van der Waals surface area contributed by atoms with Crippen molar-refractivity contribution >= 4 is 11.3 Å². The molecule has 21 heavy (non-hydrogen) atoms. The Balaban J connectivity index is 2.09. The molecule has 2 atom stereocenters. The minimum atomic E-state index is -0.000266. The van der Waals surface area contributed by atoms with E-state index in [1.807, 2.05) is 25.4 Å². The van der Waals surface area contributed by atoms with Crippen LogP contribution in [0, 0.1) is 6.92 Å². The Hall–Kier alpha value is -1.91. The number of benzene rings is 1. The summed E-state index contributed by atoms with van der Waals surface area (Å²) in [4.78, 5) is 5.69. The number of nitrogens with zero attached hydrogens (tertiary/aromatic N) is 2. The summed E-state index contributed by atoms with van der Waals surface area (Å²) in [5.41, 5.74) is 8.76. The summed E-state index contributed by atoms with van der Waals surface area (Å²) >= 11 is 1.70. The highest BCUT2D eigenvalue weighted by Gasteiger charge is 2.21. The molecule has 0 saturated heterocycles. The molecule has 3 nitrogen and oxygen atoms in total. The predicted molar refractivity (Wildman–Crippen MR) is 88.5 cm³/mol. The molecule has 2 N–H and O–H groups in total. The van der Waals surface area contributed by atoms with Crippen molar-refractivity contribution < 1.29 is 0 Å². The van der Waals surface area contributed by atoms with Gasteiger partial charge in [0, 0.05) is 18.4 Å². The van der Waals surface area contributed by atoms with Gasteiger partial charge >= 0.3 is 0 Å². The van der Waals surface area contributed by atoms with E-state index in [0.717, 1.165) is 5.82 Å². The fraction of sp³-hybridized carbons (Fsp3) is 0.235. The van der Waals surface area contributed by atoms with E-state index in [2.05, 4.69) is 52.2 Å². The molecule has 0 radical (unpaired) electrons. The van der Waals surface area contributed by atoms with Crippen LogP contribution < -0.4 is 5.73 Å². The second-order valence-electron chi connectivity index (χ2n) is 5.35. The first kappa shape index (κ1) is 14.0. The summed E-state index contributed by atoms with van der Waals surface area (Å²) in [6, 6.07) is 12.8. The van der Waals surface area contributed by atoms with Gasteiger partial charge in [0.25, 0.3) is 0 Å². The highest BCUT2D eigenvalue weighted by Crippen LogP contribution is 2.30. The molecular weight excluding hydrogens is 278 g/mol. The highest BCUT2D eigenvalue weighted by atomic mass is 32.1. The number of hydrogen-bond acceptors (Lipinski definition) is 3. The van der Waals surface area contributed by atoms with Crippen molar-refractivity contribution in [2.24, 2.45) is 5.73 Å². The normalized spacial score (nSPS) is 14.0. The molecule has 0 saturated carbocycles. The van der Waals surface area contributed by atoms with Crippen molar-refractivity contribution in [2.45, 2.75) is 25.9 Å². The molecule has 0 amide bonds. The topological polar surface area (TPSA) is 43.8 Å². The number of rotatable bonds is 4. The van der Waals surface area contributed by atoms with E-state index >= 15 is 0 Å². The van der Waals surface area contributed by atoms with Gasteiger partial charge < -0.3 is 10.3 Å². The molecule has 2 heterocycles. The first-order valence-corrected chi connectivity index (χ1v) is 7.93. The monoisotopic (exact) mass is 297 g/mol. The van der Waals surface area contributed by atoms with Crippen LogP contribution in [0.5, 0.6) is 0 Å². The van der Waals surface area contributed by atoms with Crippen LogP contribution >= 0.6 is 11.3 Å². The molecule has 0 spiro atoms. The lowest BCUT2D eigenvalue weighted by Crippen LogP contribution is -2.30. The number of thiophene rings is 1. The third-order valence-corrected chi connectivity index (χ3v) is 4.46. The molecule has 0 aliphatic rings. The zero-order valence-electron chi connectivity index (χ0n) is 12.2. The van der Waals surface area contributed by atoms with Crippen LogP contribution in [-0.2, 0) is 0 Å². The van der Waals surface area contributed by atoms with Gasteiger partial charge in [-0.25, -0.2) is 4.98 Å². The summed E-state index contributed by atoms with van der Waals surface area (Å²) in [5, 5.41) is 2.07. The molecule has 0 aliphatic heterocycles. The lowest BCUT2D eigenvalue weighted by atomic mass is 9.99. The van der Waals surface area contributed by atoms with E-state index in [0.29, 0.717) is 0 Å². The van der Waals surface area contributed by atoms with Gasteiger partial charge in [-0.3, -0.25) is 0 Å². The van der Waals surface area contributed by atoms with Crippen LogP contribution in [0.2, 0.25) is 0 Å². The number of nitrogens with two attached hydrogens (primary N) is 1. The zero-order chi connectivity index (χ0) is 14.8. The summed E-state index contributed by atoms with van der Waals surface area (Å²) in [6.45, 7) is 4.15. The molecule has 0 aliphatic carbocycles. The summed E-state index contributed by atoms with van der Waals surface area (Å²) in [7, 11) is 0. The molecular formula is C17H19N3S. The standard InChI is InChI=1S/C17H19N3S/c1-12-5-3-6-14(11-12)16(13(2)18)20-9-8-19-17(20)15-7-4-10-21-15/h3-11,13,16H,18H2,1-2H3. The van der Waals surface area contributed by atoms with Crippen molar-refractivity contribution in [3.05, 3.63) is 65.3 Å². The lowest BCUT2D eigenvalue weighted by molar-refractivity contribution is 0.500. The fourth-order valence-corrected chi connectivity index (χ4v) is 3.43. The summed E-state index contributed by atoms with van der Waals surface area (Å²) in [6.07, 6.45) is 3.87. The summed E-state index contributed by atoms with van der Waals surface area (Å²) in [5.74, 6) is 0.980. The van der Waals surface area contributed by atoms with Gasteiger partial charge in [0.15, 0.2) is 5.82 Å². The molecule has 3 rings (SSSR count). The Morgan fingerprint density at radius 2 is 2.10 bits per heavy atom. The number of aryl methyl sites for hydroxylation is 1. The Bertz CT molecular complexity index is 713. The van der Waals surface area contributed by atoms with Crippen LogP contribution in [0.25, 0.3) is 10.7 Å². The number of hydrogen-bond donors (Lipinski definition) is 1. The molecule has 2 unspecified atom stereocenters. The van der Waals surface area contributed by atoms with E-state index in [4.69, 9.17) is 5.73 Å². The third-order valence-electron chi connectivity index (χ3n) is 3.59. The van der Waals surface area contributed by atoms with Gasteiger partial charge in [0.1, 0.15) is 0 Å². The first-order chi connectivity index (χ1) is 10.2. The minimum absolute atomic E-state index is 0.000266. The Morgan fingerprint density at radius 1 is 1.24 bits per heavy atom. The van der Waals surface area contributed by atoms with Crippen LogP contribution in [0.15, 0.2) is 54.2 Å². The van der Waals surface area contributed by atoms with Crippen molar-refractivity contribution in [3.63, 3.8) is 0 Å². The Morgan fingerprint density at radius 3 is 2.76 bits per heavy atom. The van der Waals surface area contributed by atoms with Gasteiger partial charge in [-0.15, -0.1) is 11.3 Å². The van der Waals surface area contributed by atoms with Crippen LogP contribution in [0.1, 0.15) is 24.1 Å². The molecule has 3 aromatic rings. The van der Waals surface area contributed by atoms with Crippen molar-refractivity contribution in [3.8, 4) is 10.7 Å². The minimum Gasteiger partial charge on any atom is -0.326 e. The predicted octanol–water partition coefficient (Wildman–Crippen LogP) is 3.86. The maximum Gasteiger partial charge on any atom is 0.150 e. The second kappa shape index (κ2) is 5.84. The van der Waals surface area contributed by atoms with Gasteiger partial charge in [-0.1, -0.05) is 35.9 Å². The molecule has 1 aromatic carbocycles. The van der Waals surface area contributed by atoms with Gasteiger partial charge in [-0.05, 0) is 30.9 Å². The maximum absolute atomic E-state index is 6.29. The Kier molecular flexibility index (Phi) is 3.90. The number of imidazole rings is 1. The van der Waals surface area contributed by atoms with Crippen molar-refractivity contribution in [2.75, 3.05) is 0 Å². The maximum atomic E-state index is 6.29. The average Bonchev–Trinajstić information content (AvgIpc) is 3.08. The SMILES string of the molecule is Cc1cccc(C(C(C)N)n2ccnc2-c2cccs2)c1. The highest BCUT2D eigenvalue weighted by molar-refractivity contribution is 7.13. The Labute approximate surface area is 129 Å². The third kappa shape index (κ3) is 2.77. The van der Waals surface area contributed by atoms with Gasteiger partial charge in [0.05, 0.1) is 10.9 Å². The van der Waals surface area contributed by atoms with Crippen molar-refractivity contribution in [1.82, 2.24) is 9.55 Å². The quantitative estimate of drug-likeness (QED) is 0.794. The molecule has 0 bridgehead atoms. The first-order valence-electron chi connectivity index (χ1n) is 7.05. The summed E-state index contributed by atoms with van der Waals surface area (Å²) < 4.78 is 2.19. The van der Waals surface area contributed by atoms with E-state index in [1.54, 1.807) is 11.3 Å². The van der Waals surface area contributed by atoms with Crippen LogP contribution in [0.3, 0.4) is 0 Å². The van der Waals surface area contributed by atoms with Crippen molar-refractivity contribution in [1.29, 1.82) is 0 Å². The number of aromatic nitrogens is 2. The van der Waals surface area contributed by atoms with Gasteiger partial charge in [-0.2, -0.15) is 0 Å². The largest absolute Gasteiger partial charge is 0.326 e. The smallest absolute Gasteiger partial charge is 0.150 e. The van der Waals surface area contributed by atoms with E-state index in [9.17, 15) is 0 Å². The molecule has 0 fully saturated rings. The average molecular weight is 297 g/mol. The molecule has 108 valence electrons. The van der Waals surface area contributed by atoms with E-state index in [-0.39, 0.29) is 12.1 Å². The molecule has 4 heteroatoms. The van der Waals surface area contributed by atoms with E-state index in [1.165, 1.54) is 16.0 Å². The lowest BCUT2D eigenvalue weighted by Gasteiger charge is -2.25. The van der Waals surface area contributed by atoms with Crippen LogP contribution in [-0.4, -0.2) is 15.6 Å². The fourth-order valence-electron chi connectivity index (χ4n) is 2.71. The second-order valence-corrected chi connectivity index (χ2v) is 6.30. The van der Waals surface area contributed by atoms with E-state index < -0.39 is 0 Å².